The van der Waals surface area contributed by atoms with E-state index >= 15 is 0 Å². The molecule has 32 heavy (non-hydrogen) atoms. The van der Waals surface area contributed by atoms with Gasteiger partial charge in [-0.1, -0.05) is 31.5 Å². The van der Waals surface area contributed by atoms with Gasteiger partial charge < -0.3 is 10.3 Å². The normalized spacial score (nSPS) is 11.5. The highest BCUT2D eigenvalue weighted by molar-refractivity contribution is 5.92. The van der Waals surface area contributed by atoms with Crippen LogP contribution in [0.2, 0.25) is 0 Å². The summed E-state index contributed by atoms with van der Waals surface area (Å²) in [5.41, 5.74) is 3.13. The Hall–Kier alpha value is -3.88. The van der Waals surface area contributed by atoms with Crippen molar-refractivity contribution in [3.63, 3.8) is 0 Å². The van der Waals surface area contributed by atoms with Crippen LogP contribution in [0.25, 0.3) is 33.7 Å². The maximum atomic E-state index is 14.3. The maximum absolute atomic E-state index is 14.3. The molecule has 162 valence electrons. The Balaban J connectivity index is 1.64. The Labute approximate surface area is 184 Å². The molecule has 0 amide bonds. The summed E-state index contributed by atoms with van der Waals surface area (Å²) in [5, 5.41) is 8.93. The second-order valence-electron chi connectivity index (χ2n) is 7.67. The zero-order valence-electron chi connectivity index (χ0n) is 17.9. The molecule has 9 heteroatoms. The summed E-state index contributed by atoms with van der Waals surface area (Å²) in [6.07, 6.45) is 3.80. The van der Waals surface area contributed by atoms with E-state index in [0.29, 0.717) is 39.7 Å². The average Bonchev–Trinajstić information content (AvgIpc) is 3.35. The van der Waals surface area contributed by atoms with E-state index in [1.807, 2.05) is 25.1 Å². The summed E-state index contributed by atoms with van der Waals surface area (Å²) in [6.45, 7) is 5.08. The number of aromatic nitrogens is 7. The number of rotatable bonds is 7. The molecule has 5 aromatic rings. The molecule has 8 nitrogen and oxygen atoms in total. The van der Waals surface area contributed by atoms with E-state index in [1.165, 1.54) is 6.07 Å². The number of pyridine rings is 1. The predicted molar refractivity (Wildman–Crippen MR) is 122 cm³/mol. The van der Waals surface area contributed by atoms with Gasteiger partial charge in [-0.2, -0.15) is 5.10 Å². The van der Waals surface area contributed by atoms with Crippen molar-refractivity contribution in [1.29, 1.82) is 0 Å². The van der Waals surface area contributed by atoms with Gasteiger partial charge in [0.05, 0.1) is 11.9 Å². The minimum atomic E-state index is -0.276. The van der Waals surface area contributed by atoms with Gasteiger partial charge in [-0.15, -0.1) is 0 Å². The van der Waals surface area contributed by atoms with Crippen LogP contribution in [0.15, 0.2) is 42.6 Å². The summed E-state index contributed by atoms with van der Waals surface area (Å²) >= 11 is 0. The van der Waals surface area contributed by atoms with Gasteiger partial charge in [-0.05, 0) is 31.5 Å². The molecule has 0 unspecified atom stereocenters. The SMILES string of the molecule is CCCCNc1nc(-c2nn(Cc3ccccc3F)c3ncccc23)nc2[nH]c(C)nc12. The van der Waals surface area contributed by atoms with Crippen LogP contribution >= 0.6 is 0 Å². The molecular formula is C23H23FN8. The van der Waals surface area contributed by atoms with Crippen molar-refractivity contribution in [3.8, 4) is 11.5 Å². The van der Waals surface area contributed by atoms with Gasteiger partial charge >= 0.3 is 0 Å². The zero-order valence-corrected chi connectivity index (χ0v) is 17.9. The number of H-pyrrole nitrogens is 1. The van der Waals surface area contributed by atoms with Crippen molar-refractivity contribution in [2.75, 3.05) is 11.9 Å². The molecule has 0 atom stereocenters. The highest BCUT2D eigenvalue weighted by atomic mass is 19.1. The standard InChI is InChI=1S/C23H23FN8/c1-3-4-11-25-20-19-22(28-14(2)27-19)30-21(29-20)18-16-9-7-12-26-23(16)32(31-18)13-15-8-5-6-10-17(15)24/h5-10,12H,3-4,11,13H2,1-2H3,(H2,25,27,28,29,30). The number of aromatic amines is 1. The minimum Gasteiger partial charge on any atom is -0.368 e. The van der Waals surface area contributed by atoms with E-state index < -0.39 is 0 Å². The third-order valence-corrected chi connectivity index (χ3v) is 5.28. The second-order valence-corrected chi connectivity index (χ2v) is 7.67. The van der Waals surface area contributed by atoms with E-state index in [9.17, 15) is 4.39 Å². The fourth-order valence-electron chi connectivity index (χ4n) is 3.70. The van der Waals surface area contributed by atoms with Gasteiger partial charge in [0.1, 0.15) is 17.3 Å². The Morgan fingerprint density at radius 2 is 1.97 bits per heavy atom. The number of benzene rings is 1. The Bertz CT molecular complexity index is 1400. The number of aryl methyl sites for hydroxylation is 1. The first-order valence-corrected chi connectivity index (χ1v) is 10.7. The van der Waals surface area contributed by atoms with Crippen molar-refractivity contribution in [1.82, 2.24) is 34.7 Å². The molecule has 1 aromatic carbocycles. The fourth-order valence-corrected chi connectivity index (χ4v) is 3.70. The third-order valence-electron chi connectivity index (χ3n) is 5.28. The maximum Gasteiger partial charge on any atom is 0.184 e. The quantitative estimate of drug-likeness (QED) is 0.370. The van der Waals surface area contributed by atoms with Gasteiger partial charge in [0.25, 0.3) is 0 Å². The largest absolute Gasteiger partial charge is 0.368 e. The molecule has 2 N–H and O–H groups in total. The molecule has 0 aliphatic heterocycles. The summed E-state index contributed by atoms with van der Waals surface area (Å²) in [5.74, 6) is 1.62. The Morgan fingerprint density at radius 3 is 2.81 bits per heavy atom. The van der Waals surface area contributed by atoms with Crippen LogP contribution in [-0.2, 0) is 6.54 Å². The van der Waals surface area contributed by atoms with E-state index in [1.54, 1.807) is 23.0 Å². The monoisotopic (exact) mass is 430 g/mol. The summed E-state index contributed by atoms with van der Waals surface area (Å²) in [7, 11) is 0. The molecule has 0 bridgehead atoms. The number of hydrogen-bond donors (Lipinski definition) is 2. The molecule has 4 aromatic heterocycles. The topological polar surface area (TPSA) is 97.2 Å². The number of anilines is 1. The molecule has 0 radical (unpaired) electrons. The van der Waals surface area contributed by atoms with Crippen molar-refractivity contribution < 1.29 is 4.39 Å². The van der Waals surface area contributed by atoms with Crippen LogP contribution in [0.5, 0.6) is 0 Å². The lowest BCUT2D eigenvalue weighted by Gasteiger charge is -2.07. The number of imidazole rings is 1. The van der Waals surface area contributed by atoms with Crippen molar-refractivity contribution in [3.05, 3.63) is 59.8 Å². The zero-order chi connectivity index (χ0) is 22.1. The Kier molecular flexibility index (Phi) is 5.22. The van der Waals surface area contributed by atoms with Crippen LogP contribution in [0.1, 0.15) is 31.2 Å². The van der Waals surface area contributed by atoms with Crippen LogP contribution in [-0.4, -0.2) is 41.2 Å². The van der Waals surface area contributed by atoms with Gasteiger partial charge in [0.15, 0.2) is 28.5 Å². The summed E-state index contributed by atoms with van der Waals surface area (Å²) in [4.78, 5) is 21.7. The molecular weight excluding hydrogens is 407 g/mol. The van der Waals surface area contributed by atoms with Crippen LogP contribution in [0, 0.1) is 12.7 Å². The molecule has 4 heterocycles. The summed E-state index contributed by atoms with van der Waals surface area (Å²) in [6, 6.07) is 10.5. The highest BCUT2D eigenvalue weighted by Gasteiger charge is 2.19. The Morgan fingerprint density at radius 1 is 1.09 bits per heavy atom. The molecule has 0 spiro atoms. The predicted octanol–water partition coefficient (Wildman–Crippen LogP) is 4.47. The van der Waals surface area contributed by atoms with E-state index in [0.717, 1.165) is 30.6 Å². The lowest BCUT2D eigenvalue weighted by Crippen LogP contribution is -2.06. The molecule has 0 aliphatic rings. The van der Waals surface area contributed by atoms with Gasteiger partial charge in [0.2, 0.25) is 0 Å². The molecule has 0 saturated carbocycles. The van der Waals surface area contributed by atoms with Crippen molar-refractivity contribution in [2.24, 2.45) is 0 Å². The first-order chi connectivity index (χ1) is 15.6. The lowest BCUT2D eigenvalue weighted by atomic mass is 10.2. The number of nitrogens with zero attached hydrogens (tertiary/aromatic N) is 6. The van der Waals surface area contributed by atoms with Crippen LogP contribution in [0.3, 0.4) is 0 Å². The molecule has 0 saturated heterocycles. The second kappa shape index (κ2) is 8.33. The fraction of sp³-hybridized carbons (Fsp3) is 0.261. The highest BCUT2D eigenvalue weighted by Crippen LogP contribution is 2.28. The third kappa shape index (κ3) is 3.66. The molecule has 0 aliphatic carbocycles. The first-order valence-electron chi connectivity index (χ1n) is 10.7. The number of unbranched alkanes of at least 4 members (excludes halogenated alkanes) is 1. The number of nitrogens with one attached hydrogen (secondary N) is 2. The lowest BCUT2D eigenvalue weighted by molar-refractivity contribution is 0.589. The average molecular weight is 430 g/mol. The number of halogens is 1. The molecule has 5 rings (SSSR count). The van der Waals surface area contributed by atoms with Crippen LogP contribution < -0.4 is 5.32 Å². The smallest absolute Gasteiger partial charge is 0.184 e. The number of fused-ring (bicyclic) bond motifs is 2. The van der Waals surface area contributed by atoms with Gasteiger partial charge in [-0.3, -0.25) is 0 Å². The van der Waals surface area contributed by atoms with E-state index in [-0.39, 0.29) is 12.4 Å². The minimum absolute atomic E-state index is 0.257. The first kappa shape index (κ1) is 20.0. The van der Waals surface area contributed by atoms with Crippen molar-refractivity contribution in [2.45, 2.75) is 33.2 Å². The van der Waals surface area contributed by atoms with Gasteiger partial charge in [-0.25, -0.2) is 29.0 Å². The van der Waals surface area contributed by atoms with Crippen LogP contribution in [0.4, 0.5) is 10.2 Å². The van der Waals surface area contributed by atoms with Crippen molar-refractivity contribution >= 4 is 28.0 Å². The van der Waals surface area contributed by atoms with Gasteiger partial charge in [0, 0.05) is 18.3 Å². The van der Waals surface area contributed by atoms with E-state index in [4.69, 9.17) is 15.1 Å². The van der Waals surface area contributed by atoms with E-state index in [2.05, 4.69) is 27.2 Å². The molecule has 0 fully saturated rings. The summed E-state index contributed by atoms with van der Waals surface area (Å²) < 4.78 is 16.0. The number of hydrogen-bond acceptors (Lipinski definition) is 6.